The second-order valence-corrected chi connectivity index (χ2v) is 4.72. The minimum atomic E-state index is 0.126. The molecule has 1 aromatic carbocycles. The molecule has 0 bridgehead atoms. The van der Waals surface area contributed by atoms with Crippen LogP contribution in [0.1, 0.15) is 32.4 Å². The monoisotopic (exact) mass is 251 g/mol. The van der Waals surface area contributed by atoms with E-state index in [4.69, 9.17) is 9.47 Å². The van der Waals surface area contributed by atoms with E-state index in [-0.39, 0.29) is 12.1 Å². The van der Waals surface area contributed by atoms with Crippen LogP contribution in [0.3, 0.4) is 0 Å². The van der Waals surface area contributed by atoms with Crippen LogP contribution in [0.2, 0.25) is 0 Å². The molecule has 1 N–H and O–H groups in total. The molecular formula is C15H25NO2. The van der Waals surface area contributed by atoms with Gasteiger partial charge >= 0.3 is 0 Å². The van der Waals surface area contributed by atoms with Crippen molar-refractivity contribution in [3.05, 3.63) is 29.8 Å². The van der Waals surface area contributed by atoms with Crippen LogP contribution in [0.15, 0.2) is 24.3 Å². The number of hydrogen-bond acceptors (Lipinski definition) is 3. The first-order valence-corrected chi connectivity index (χ1v) is 6.54. The van der Waals surface area contributed by atoms with Gasteiger partial charge in [-0.3, -0.25) is 0 Å². The Morgan fingerprint density at radius 3 is 2.33 bits per heavy atom. The van der Waals surface area contributed by atoms with Crippen LogP contribution in [-0.4, -0.2) is 26.9 Å². The van der Waals surface area contributed by atoms with Crippen molar-refractivity contribution in [3.8, 4) is 5.75 Å². The molecule has 0 radical (unpaired) electrons. The first-order valence-electron chi connectivity index (χ1n) is 6.54. The van der Waals surface area contributed by atoms with E-state index in [0.717, 1.165) is 17.9 Å². The summed E-state index contributed by atoms with van der Waals surface area (Å²) in [6, 6.07) is 8.27. The molecule has 3 heteroatoms. The average Bonchev–Trinajstić information content (AvgIpc) is 2.38. The predicted molar refractivity (Wildman–Crippen MR) is 75.0 cm³/mol. The van der Waals surface area contributed by atoms with Gasteiger partial charge in [0.2, 0.25) is 0 Å². The van der Waals surface area contributed by atoms with Crippen molar-refractivity contribution < 1.29 is 9.47 Å². The summed E-state index contributed by atoms with van der Waals surface area (Å²) in [5.74, 6) is 1.34. The van der Waals surface area contributed by atoms with Crippen molar-refractivity contribution in [1.82, 2.24) is 5.32 Å². The van der Waals surface area contributed by atoms with Crippen LogP contribution in [-0.2, 0) is 4.74 Å². The van der Waals surface area contributed by atoms with Crippen molar-refractivity contribution in [2.24, 2.45) is 5.92 Å². The molecule has 0 saturated carbocycles. The van der Waals surface area contributed by atoms with E-state index < -0.39 is 0 Å². The molecule has 2 atom stereocenters. The molecule has 0 saturated heterocycles. The van der Waals surface area contributed by atoms with Crippen LogP contribution in [0, 0.1) is 5.92 Å². The fourth-order valence-electron chi connectivity index (χ4n) is 2.34. The smallest absolute Gasteiger partial charge is 0.123 e. The van der Waals surface area contributed by atoms with E-state index >= 15 is 0 Å². The molecule has 3 nitrogen and oxygen atoms in total. The number of para-hydroxylation sites is 1. The number of ether oxygens (including phenoxy) is 2. The summed E-state index contributed by atoms with van der Waals surface area (Å²) in [7, 11) is 3.48. The minimum absolute atomic E-state index is 0.126. The van der Waals surface area contributed by atoms with Crippen molar-refractivity contribution >= 4 is 0 Å². The summed E-state index contributed by atoms with van der Waals surface area (Å²) in [6.07, 6.45) is 0.126. The van der Waals surface area contributed by atoms with Gasteiger partial charge in [0, 0.05) is 12.7 Å². The molecule has 0 aliphatic rings. The molecule has 0 amide bonds. The first-order chi connectivity index (χ1) is 8.65. The molecule has 0 aliphatic carbocycles. The van der Waals surface area contributed by atoms with Crippen molar-refractivity contribution in [2.75, 3.05) is 20.8 Å². The highest BCUT2D eigenvalue weighted by atomic mass is 16.5. The maximum atomic E-state index is 5.66. The van der Waals surface area contributed by atoms with Gasteiger partial charge in [0.05, 0.1) is 19.3 Å². The topological polar surface area (TPSA) is 30.5 Å². The third-order valence-corrected chi connectivity index (χ3v) is 3.16. The van der Waals surface area contributed by atoms with Gasteiger partial charge in [0.15, 0.2) is 0 Å². The van der Waals surface area contributed by atoms with Crippen LogP contribution < -0.4 is 10.1 Å². The second kappa shape index (κ2) is 7.39. The summed E-state index contributed by atoms with van der Waals surface area (Å²) >= 11 is 0. The van der Waals surface area contributed by atoms with Crippen molar-refractivity contribution in [2.45, 2.75) is 32.9 Å². The second-order valence-electron chi connectivity index (χ2n) is 4.72. The summed E-state index contributed by atoms with van der Waals surface area (Å²) in [5.41, 5.74) is 1.16. The third kappa shape index (κ3) is 3.47. The number of nitrogens with one attached hydrogen (secondary N) is 1. The van der Waals surface area contributed by atoms with Crippen molar-refractivity contribution in [1.29, 1.82) is 0 Å². The van der Waals surface area contributed by atoms with Gasteiger partial charge in [-0.2, -0.15) is 0 Å². The largest absolute Gasteiger partial charge is 0.496 e. The highest BCUT2D eigenvalue weighted by Gasteiger charge is 2.27. The Balaban J connectivity index is 3.09. The molecule has 102 valence electrons. The zero-order chi connectivity index (χ0) is 13.5. The number of hydrogen-bond donors (Lipinski definition) is 1. The Kier molecular flexibility index (Phi) is 6.16. The van der Waals surface area contributed by atoms with Gasteiger partial charge in [-0.05, 0) is 18.5 Å². The van der Waals surface area contributed by atoms with Gasteiger partial charge in [-0.1, -0.05) is 39.0 Å². The summed E-state index contributed by atoms with van der Waals surface area (Å²) in [5, 5.41) is 3.50. The maximum Gasteiger partial charge on any atom is 0.123 e. The lowest BCUT2D eigenvalue weighted by Gasteiger charge is -2.31. The molecule has 2 unspecified atom stereocenters. The standard InChI is InChI=1S/C15H25NO2/c1-6-16-14(15(18-5)11(2)3)12-9-7-8-10-13(12)17-4/h7-11,14-16H,6H2,1-5H3. The Hall–Kier alpha value is -1.06. The van der Waals surface area contributed by atoms with Gasteiger partial charge in [0.1, 0.15) is 5.75 Å². The molecule has 0 aromatic heterocycles. The molecule has 0 fully saturated rings. The zero-order valence-electron chi connectivity index (χ0n) is 12.1. The molecule has 1 rings (SSSR count). The van der Waals surface area contributed by atoms with Crippen LogP contribution in [0.5, 0.6) is 5.75 Å². The van der Waals surface area contributed by atoms with Crippen LogP contribution >= 0.6 is 0 Å². The summed E-state index contributed by atoms with van der Waals surface area (Å²) in [6.45, 7) is 7.35. The molecule has 18 heavy (non-hydrogen) atoms. The van der Waals surface area contributed by atoms with E-state index in [1.165, 1.54) is 0 Å². The van der Waals surface area contributed by atoms with E-state index in [0.29, 0.717) is 5.92 Å². The van der Waals surface area contributed by atoms with Gasteiger partial charge < -0.3 is 14.8 Å². The SMILES string of the molecule is CCNC(c1ccccc1OC)C(OC)C(C)C. The number of benzene rings is 1. The molecule has 0 aliphatic heterocycles. The first kappa shape index (κ1) is 15.0. The Bertz CT molecular complexity index is 352. The van der Waals surface area contributed by atoms with Gasteiger partial charge in [-0.25, -0.2) is 0 Å². The highest BCUT2D eigenvalue weighted by Crippen LogP contribution is 2.30. The van der Waals surface area contributed by atoms with E-state index in [2.05, 4.69) is 32.2 Å². The predicted octanol–water partition coefficient (Wildman–Crippen LogP) is 3.02. The lowest BCUT2D eigenvalue weighted by atomic mass is 9.92. The lowest BCUT2D eigenvalue weighted by molar-refractivity contribution is 0.0324. The van der Waals surface area contributed by atoms with E-state index in [9.17, 15) is 0 Å². The number of methoxy groups -OCH3 is 2. The normalized spacial score (nSPS) is 14.6. The molecular weight excluding hydrogens is 226 g/mol. The molecule has 1 aromatic rings. The van der Waals surface area contributed by atoms with Gasteiger partial charge in [-0.15, -0.1) is 0 Å². The summed E-state index contributed by atoms with van der Waals surface area (Å²) in [4.78, 5) is 0. The average molecular weight is 251 g/mol. The fourth-order valence-corrected chi connectivity index (χ4v) is 2.34. The zero-order valence-corrected chi connectivity index (χ0v) is 12.1. The number of likely N-dealkylation sites (N-methyl/N-ethyl adjacent to an activating group) is 1. The third-order valence-electron chi connectivity index (χ3n) is 3.16. The Morgan fingerprint density at radius 2 is 1.83 bits per heavy atom. The van der Waals surface area contributed by atoms with Crippen LogP contribution in [0.25, 0.3) is 0 Å². The lowest BCUT2D eigenvalue weighted by Crippen LogP contribution is -2.36. The van der Waals surface area contributed by atoms with Crippen molar-refractivity contribution in [3.63, 3.8) is 0 Å². The van der Waals surface area contributed by atoms with Crippen LogP contribution in [0.4, 0.5) is 0 Å². The van der Waals surface area contributed by atoms with E-state index in [1.807, 2.05) is 18.2 Å². The van der Waals surface area contributed by atoms with Gasteiger partial charge in [0.25, 0.3) is 0 Å². The summed E-state index contributed by atoms with van der Waals surface area (Å²) < 4.78 is 11.1. The number of rotatable bonds is 7. The molecule has 0 heterocycles. The van der Waals surface area contributed by atoms with E-state index in [1.54, 1.807) is 14.2 Å². The fraction of sp³-hybridized carbons (Fsp3) is 0.600. The minimum Gasteiger partial charge on any atom is -0.496 e. The highest BCUT2D eigenvalue weighted by molar-refractivity contribution is 5.36. The quantitative estimate of drug-likeness (QED) is 0.808. The maximum absolute atomic E-state index is 5.66. The Labute approximate surface area is 110 Å². The Morgan fingerprint density at radius 1 is 1.17 bits per heavy atom. The molecule has 0 spiro atoms.